The van der Waals surface area contributed by atoms with Gasteiger partial charge in [0.05, 0.1) is 23.2 Å². The average Bonchev–Trinajstić information content (AvgIpc) is 2.77. The molecule has 5 N–H and O–H groups in total. The van der Waals surface area contributed by atoms with E-state index in [1.165, 1.54) is 19.0 Å². The first-order valence-corrected chi connectivity index (χ1v) is 11.5. The van der Waals surface area contributed by atoms with Crippen molar-refractivity contribution >= 4 is 34.7 Å². The SMILES string of the molecule is CCCNc1cc(F)c2c(c1O)C(=O)C1C(=O)[C@]3(O)C(=O)C(C(N)=O)C(=O)[C@@H](N(C)C)[C@@H]3C[C@@H]1C2. The third-order valence-corrected chi connectivity index (χ3v) is 7.57. The monoisotopic (exact) mass is 489 g/mol. The Bertz CT molecular complexity index is 1170. The molecule has 1 aromatic carbocycles. The predicted octanol–water partition coefficient (Wildman–Crippen LogP) is -0.172. The van der Waals surface area contributed by atoms with E-state index < -0.39 is 75.9 Å². The second kappa shape index (κ2) is 8.49. The summed E-state index contributed by atoms with van der Waals surface area (Å²) in [6, 6.07) is -0.109. The number of hydrogen-bond acceptors (Lipinski definition) is 9. The largest absolute Gasteiger partial charge is 0.505 e. The van der Waals surface area contributed by atoms with Crippen LogP contribution in [0.2, 0.25) is 0 Å². The van der Waals surface area contributed by atoms with Crippen molar-refractivity contribution in [3.8, 4) is 5.75 Å². The summed E-state index contributed by atoms with van der Waals surface area (Å²) in [6.45, 7) is 2.26. The second-order valence-electron chi connectivity index (χ2n) is 9.82. The van der Waals surface area contributed by atoms with Gasteiger partial charge < -0.3 is 21.3 Å². The number of aromatic hydroxyl groups is 1. The van der Waals surface area contributed by atoms with Gasteiger partial charge in [0.1, 0.15) is 11.6 Å². The van der Waals surface area contributed by atoms with Gasteiger partial charge in [-0.1, -0.05) is 6.92 Å². The fraction of sp³-hybridized carbons (Fsp3) is 0.542. The van der Waals surface area contributed by atoms with Gasteiger partial charge in [-0.3, -0.25) is 28.9 Å². The highest BCUT2D eigenvalue weighted by Gasteiger charge is 2.69. The fourth-order valence-corrected chi connectivity index (χ4v) is 6.02. The lowest BCUT2D eigenvalue weighted by molar-refractivity contribution is -0.181. The summed E-state index contributed by atoms with van der Waals surface area (Å²) in [5.74, 6) is -12.4. The number of benzene rings is 1. The minimum Gasteiger partial charge on any atom is -0.505 e. The van der Waals surface area contributed by atoms with Crippen LogP contribution in [0, 0.1) is 29.5 Å². The molecule has 3 aliphatic carbocycles. The molecule has 2 unspecified atom stereocenters. The molecule has 188 valence electrons. The average molecular weight is 490 g/mol. The Morgan fingerprint density at radius 1 is 1.26 bits per heavy atom. The summed E-state index contributed by atoms with van der Waals surface area (Å²) in [7, 11) is 2.99. The zero-order valence-electron chi connectivity index (χ0n) is 19.6. The molecular formula is C24H28FN3O7. The maximum Gasteiger partial charge on any atom is 0.235 e. The molecule has 35 heavy (non-hydrogen) atoms. The number of nitrogens with zero attached hydrogens (tertiary/aromatic N) is 1. The number of rotatable bonds is 5. The molecule has 1 amide bonds. The molecule has 2 saturated carbocycles. The number of ketones is 4. The first-order valence-electron chi connectivity index (χ1n) is 11.5. The van der Waals surface area contributed by atoms with Crippen LogP contribution in [0.15, 0.2) is 6.07 Å². The lowest BCUT2D eigenvalue weighted by Gasteiger charge is -2.52. The number of phenolic OH excluding ortho intramolecular Hbond substituents is 1. The van der Waals surface area contributed by atoms with Gasteiger partial charge in [-0.15, -0.1) is 0 Å². The number of phenols is 1. The van der Waals surface area contributed by atoms with Crippen molar-refractivity contribution in [2.75, 3.05) is 26.0 Å². The Morgan fingerprint density at radius 3 is 2.49 bits per heavy atom. The topological polar surface area (TPSA) is 167 Å². The number of carbonyl (C=O) groups is 5. The first kappa shape index (κ1) is 24.9. The normalized spacial score (nSPS) is 32.2. The van der Waals surface area contributed by atoms with Gasteiger partial charge in [-0.2, -0.15) is 0 Å². The van der Waals surface area contributed by atoms with Crippen LogP contribution in [-0.4, -0.2) is 76.4 Å². The summed E-state index contributed by atoms with van der Waals surface area (Å²) < 4.78 is 15.0. The summed E-state index contributed by atoms with van der Waals surface area (Å²) in [6.07, 6.45) is 0.428. The van der Waals surface area contributed by atoms with Crippen LogP contribution in [-0.2, 0) is 25.6 Å². The Kier molecular flexibility index (Phi) is 6.05. The molecule has 2 fully saturated rings. The van der Waals surface area contributed by atoms with Gasteiger partial charge in [0.15, 0.2) is 34.7 Å². The van der Waals surface area contributed by atoms with Gasteiger partial charge in [0.25, 0.3) is 0 Å². The number of hydrogen-bond donors (Lipinski definition) is 4. The highest BCUT2D eigenvalue weighted by atomic mass is 19.1. The maximum atomic E-state index is 15.0. The number of Topliss-reactive ketones (excluding diaryl/α,β-unsaturated/α-hetero) is 4. The van der Waals surface area contributed by atoms with E-state index in [0.717, 1.165) is 6.07 Å². The Morgan fingerprint density at radius 2 is 1.91 bits per heavy atom. The molecule has 0 heterocycles. The number of nitrogens with two attached hydrogens (primary N) is 1. The van der Waals surface area contributed by atoms with Crippen LogP contribution in [0.3, 0.4) is 0 Å². The molecule has 6 atom stereocenters. The molecule has 0 bridgehead atoms. The predicted molar refractivity (Wildman–Crippen MR) is 120 cm³/mol. The van der Waals surface area contributed by atoms with E-state index in [1.807, 2.05) is 6.92 Å². The van der Waals surface area contributed by atoms with E-state index in [0.29, 0.717) is 13.0 Å². The van der Waals surface area contributed by atoms with Crippen LogP contribution in [0.25, 0.3) is 0 Å². The summed E-state index contributed by atoms with van der Waals surface area (Å²) >= 11 is 0. The summed E-state index contributed by atoms with van der Waals surface area (Å²) in [4.78, 5) is 66.8. The molecule has 0 spiro atoms. The van der Waals surface area contributed by atoms with Crippen molar-refractivity contribution in [2.24, 2.45) is 29.4 Å². The third kappa shape index (κ3) is 3.40. The van der Waals surface area contributed by atoms with Crippen molar-refractivity contribution in [1.29, 1.82) is 0 Å². The molecule has 0 saturated heterocycles. The Balaban J connectivity index is 1.85. The molecule has 0 radical (unpaired) electrons. The van der Waals surface area contributed by atoms with Crippen molar-refractivity contribution in [2.45, 2.75) is 37.8 Å². The van der Waals surface area contributed by atoms with Crippen molar-refractivity contribution in [3.05, 3.63) is 23.0 Å². The van der Waals surface area contributed by atoms with Crippen LogP contribution in [0.4, 0.5) is 10.1 Å². The standard InChI is InChI=1S/C24H28FN3O7/c1-4-5-27-13-8-12(25)10-6-9-7-11-17(28(2)3)20(31)16(23(26)34)22(33)24(11,35)21(32)14(9)19(30)15(10)18(13)29/h8-9,11,14,16-17,27,29,35H,4-7H2,1-3H3,(H2,26,34)/t9-,11-,14?,16?,17-,24-/m0/s1. The van der Waals surface area contributed by atoms with Gasteiger partial charge in [0.2, 0.25) is 5.91 Å². The Hall–Kier alpha value is -3.18. The summed E-state index contributed by atoms with van der Waals surface area (Å²) in [5, 5.41) is 25.1. The maximum absolute atomic E-state index is 15.0. The molecule has 3 aliphatic rings. The summed E-state index contributed by atoms with van der Waals surface area (Å²) in [5.41, 5.74) is 2.05. The van der Waals surface area contributed by atoms with Gasteiger partial charge >= 0.3 is 0 Å². The van der Waals surface area contributed by atoms with E-state index in [4.69, 9.17) is 5.73 Å². The first-order chi connectivity index (χ1) is 16.4. The molecule has 10 nitrogen and oxygen atoms in total. The minimum atomic E-state index is -2.80. The van der Waals surface area contributed by atoms with E-state index in [2.05, 4.69) is 5.32 Å². The number of primary amides is 1. The van der Waals surface area contributed by atoms with Crippen LogP contribution < -0.4 is 11.1 Å². The van der Waals surface area contributed by atoms with Crippen LogP contribution >= 0.6 is 0 Å². The van der Waals surface area contributed by atoms with Crippen molar-refractivity contribution in [1.82, 2.24) is 4.90 Å². The highest BCUT2D eigenvalue weighted by Crippen LogP contribution is 2.51. The number of carbonyl (C=O) groups excluding carboxylic acids is 5. The minimum absolute atomic E-state index is 0.00412. The number of anilines is 1. The number of amides is 1. The lowest BCUT2D eigenvalue weighted by atomic mass is 9.52. The number of likely N-dealkylation sites (N-methyl/N-ethyl adjacent to an activating group) is 1. The second-order valence-corrected chi connectivity index (χ2v) is 9.82. The molecule has 0 aromatic heterocycles. The van der Waals surface area contributed by atoms with E-state index in [1.54, 1.807) is 0 Å². The van der Waals surface area contributed by atoms with Crippen LogP contribution in [0.5, 0.6) is 5.75 Å². The number of aliphatic hydroxyl groups is 1. The van der Waals surface area contributed by atoms with Crippen LogP contribution in [0.1, 0.15) is 35.7 Å². The highest BCUT2D eigenvalue weighted by molar-refractivity contribution is 6.32. The lowest BCUT2D eigenvalue weighted by Crippen LogP contribution is -2.74. The van der Waals surface area contributed by atoms with Gasteiger partial charge in [-0.05, 0) is 39.3 Å². The Labute approximate surface area is 200 Å². The number of nitrogens with one attached hydrogen (secondary N) is 1. The molecule has 4 rings (SSSR count). The smallest absolute Gasteiger partial charge is 0.235 e. The number of fused-ring (bicyclic) bond motifs is 3. The number of halogens is 1. The van der Waals surface area contributed by atoms with E-state index in [-0.39, 0.29) is 29.7 Å². The fourth-order valence-electron chi connectivity index (χ4n) is 6.02. The zero-order chi connectivity index (χ0) is 26.0. The van der Waals surface area contributed by atoms with E-state index >= 15 is 4.39 Å². The molecule has 0 aliphatic heterocycles. The van der Waals surface area contributed by atoms with E-state index in [9.17, 15) is 34.2 Å². The molecule has 1 aromatic rings. The molecular weight excluding hydrogens is 461 g/mol. The van der Waals surface area contributed by atoms with Gasteiger partial charge in [-0.25, -0.2) is 4.39 Å². The van der Waals surface area contributed by atoms with Crippen molar-refractivity contribution < 1.29 is 38.6 Å². The van der Waals surface area contributed by atoms with Gasteiger partial charge in [0, 0.05) is 24.1 Å². The third-order valence-electron chi connectivity index (χ3n) is 7.57. The van der Waals surface area contributed by atoms with Crippen molar-refractivity contribution in [3.63, 3.8) is 0 Å². The molecule has 11 heteroatoms. The quantitative estimate of drug-likeness (QED) is 0.324. The zero-order valence-corrected chi connectivity index (χ0v) is 19.6.